The highest BCUT2D eigenvalue weighted by Crippen LogP contribution is 2.50. The normalized spacial score (nSPS) is 16.5. The molecule has 1 aliphatic carbocycles. The van der Waals surface area contributed by atoms with Crippen LogP contribution in [-0.2, 0) is 11.3 Å². The van der Waals surface area contributed by atoms with E-state index in [0.717, 1.165) is 41.9 Å². The van der Waals surface area contributed by atoms with Gasteiger partial charge in [-0.2, -0.15) is 0 Å². The zero-order valence-electron chi connectivity index (χ0n) is 23.3. The molecule has 0 spiro atoms. The number of hydrogen-bond acceptors (Lipinski definition) is 2. The molecule has 2 N–H and O–H groups in total. The van der Waals surface area contributed by atoms with E-state index in [0.29, 0.717) is 29.5 Å². The van der Waals surface area contributed by atoms with Crippen LogP contribution in [0.25, 0.3) is 11.1 Å². The van der Waals surface area contributed by atoms with Gasteiger partial charge in [0.15, 0.2) is 0 Å². The Bertz CT molecular complexity index is 1420. The molecule has 4 aromatic rings. The van der Waals surface area contributed by atoms with Gasteiger partial charge in [-0.05, 0) is 77.6 Å². The molecule has 2 amide bonds. The van der Waals surface area contributed by atoms with E-state index in [-0.39, 0.29) is 11.8 Å². The van der Waals surface area contributed by atoms with Crippen molar-refractivity contribution in [2.45, 2.75) is 57.0 Å². The fraction of sp³-hybridized carbons (Fsp3) is 0.278. The average molecular weight is 565 g/mol. The van der Waals surface area contributed by atoms with Gasteiger partial charge in [0.2, 0.25) is 5.91 Å². The molecule has 2 unspecified atom stereocenters. The Morgan fingerprint density at radius 2 is 1.49 bits per heavy atom. The number of hydrogen-bond donors (Lipinski definition) is 2. The van der Waals surface area contributed by atoms with Crippen molar-refractivity contribution in [3.63, 3.8) is 0 Å². The average Bonchev–Trinajstić information content (AvgIpc) is 3.80. The molecule has 1 saturated carbocycles. The highest BCUT2D eigenvalue weighted by Gasteiger charge is 2.37. The summed E-state index contributed by atoms with van der Waals surface area (Å²) < 4.78 is 0. The van der Waals surface area contributed by atoms with Crippen LogP contribution >= 0.6 is 11.6 Å². The standard InChI is InChI=1S/C36H37ClN2O2/c37-32-17-10-11-26(23-32)25-38-36(41)34(18-9-3-8-16-31-24-33(31)29-14-6-2-7-15-29)39-35(40)30-21-19-28(20-22-30)27-12-4-1-5-13-27/h1-2,4-7,10-15,17,19-23,31,33-34H,3,8-9,16,18,24-25H2,(H,38,41)(H,39,40)/t31?,33?,34-/m0/s1. The summed E-state index contributed by atoms with van der Waals surface area (Å²) in [6.07, 6.45) is 6.15. The maximum Gasteiger partial charge on any atom is 0.251 e. The van der Waals surface area contributed by atoms with E-state index in [4.69, 9.17) is 11.6 Å². The molecule has 1 fully saturated rings. The van der Waals surface area contributed by atoms with Crippen LogP contribution in [0.5, 0.6) is 0 Å². The second-order valence-electron chi connectivity index (χ2n) is 11.0. The molecule has 4 nitrogen and oxygen atoms in total. The third kappa shape index (κ3) is 8.31. The molecule has 0 aliphatic heterocycles. The van der Waals surface area contributed by atoms with Crippen molar-refractivity contribution in [1.29, 1.82) is 0 Å². The first kappa shape index (κ1) is 28.6. The monoisotopic (exact) mass is 564 g/mol. The zero-order valence-corrected chi connectivity index (χ0v) is 24.0. The van der Waals surface area contributed by atoms with Gasteiger partial charge in [0.1, 0.15) is 6.04 Å². The van der Waals surface area contributed by atoms with E-state index >= 15 is 0 Å². The predicted molar refractivity (Wildman–Crippen MR) is 167 cm³/mol. The van der Waals surface area contributed by atoms with Crippen LogP contribution in [0.4, 0.5) is 0 Å². The van der Waals surface area contributed by atoms with Gasteiger partial charge in [-0.25, -0.2) is 0 Å². The molecule has 3 atom stereocenters. The number of carbonyl (C=O) groups is 2. The second-order valence-corrected chi connectivity index (χ2v) is 11.4. The quantitative estimate of drug-likeness (QED) is 0.161. The summed E-state index contributed by atoms with van der Waals surface area (Å²) in [5.41, 5.74) is 5.05. The van der Waals surface area contributed by atoms with Crippen LogP contribution in [0.1, 0.15) is 65.9 Å². The van der Waals surface area contributed by atoms with Crippen molar-refractivity contribution in [2.75, 3.05) is 0 Å². The summed E-state index contributed by atoms with van der Waals surface area (Å²) in [6.45, 7) is 0.361. The Hall–Kier alpha value is -3.89. The molecule has 0 bridgehead atoms. The predicted octanol–water partition coefficient (Wildman–Crippen LogP) is 8.18. The van der Waals surface area contributed by atoms with E-state index in [1.165, 1.54) is 18.4 Å². The maximum absolute atomic E-state index is 13.2. The number of nitrogens with one attached hydrogen (secondary N) is 2. The van der Waals surface area contributed by atoms with Gasteiger partial charge >= 0.3 is 0 Å². The largest absolute Gasteiger partial charge is 0.350 e. The minimum Gasteiger partial charge on any atom is -0.350 e. The summed E-state index contributed by atoms with van der Waals surface area (Å²) in [5, 5.41) is 6.63. The Morgan fingerprint density at radius 1 is 0.780 bits per heavy atom. The summed E-state index contributed by atoms with van der Waals surface area (Å²) in [5.74, 6) is 1.06. The van der Waals surface area contributed by atoms with E-state index in [2.05, 4.69) is 41.0 Å². The molecule has 41 heavy (non-hydrogen) atoms. The van der Waals surface area contributed by atoms with Crippen molar-refractivity contribution < 1.29 is 9.59 Å². The lowest BCUT2D eigenvalue weighted by atomic mass is 10.0. The lowest BCUT2D eigenvalue weighted by molar-refractivity contribution is -0.123. The minimum atomic E-state index is -0.603. The SMILES string of the molecule is O=C(N[C@@H](CCCCCC1CC1c1ccccc1)C(=O)NCc1cccc(Cl)c1)c1ccc(-c2ccccc2)cc1. The highest BCUT2D eigenvalue weighted by molar-refractivity contribution is 6.30. The van der Waals surface area contributed by atoms with Gasteiger partial charge in [-0.15, -0.1) is 0 Å². The third-order valence-electron chi connectivity index (χ3n) is 7.95. The van der Waals surface area contributed by atoms with E-state index in [1.54, 1.807) is 0 Å². The number of halogens is 1. The molecular formula is C36H37ClN2O2. The minimum absolute atomic E-state index is 0.175. The second kappa shape index (κ2) is 14.1. The fourth-order valence-electron chi connectivity index (χ4n) is 5.52. The van der Waals surface area contributed by atoms with E-state index in [1.807, 2.05) is 78.9 Å². The van der Waals surface area contributed by atoms with Gasteiger partial charge in [-0.3, -0.25) is 9.59 Å². The van der Waals surface area contributed by atoms with Crippen molar-refractivity contribution in [3.05, 3.63) is 131 Å². The molecule has 210 valence electrons. The lowest BCUT2D eigenvalue weighted by Gasteiger charge is -2.19. The van der Waals surface area contributed by atoms with Crippen molar-refractivity contribution >= 4 is 23.4 Å². The first-order valence-corrected chi connectivity index (χ1v) is 15.0. The fourth-order valence-corrected chi connectivity index (χ4v) is 5.73. The number of rotatable bonds is 13. The molecule has 0 aromatic heterocycles. The summed E-state index contributed by atoms with van der Waals surface area (Å²) >= 11 is 6.11. The smallest absolute Gasteiger partial charge is 0.251 e. The van der Waals surface area contributed by atoms with Gasteiger partial charge in [-0.1, -0.05) is 116 Å². The number of benzene rings is 4. The van der Waals surface area contributed by atoms with E-state index < -0.39 is 6.04 Å². The summed E-state index contributed by atoms with van der Waals surface area (Å²) in [7, 11) is 0. The van der Waals surface area contributed by atoms with Crippen molar-refractivity contribution in [2.24, 2.45) is 5.92 Å². The first-order chi connectivity index (χ1) is 20.1. The number of amides is 2. The molecule has 5 heteroatoms. The van der Waals surface area contributed by atoms with Crippen LogP contribution in [0.2, 0.25) is 5.02 Å². The van der Waals surface area contributed by atoms with Gasteiger partial charge in [0, 0.05) is 17.1 Å². The van der Waals surface area contributed by atoms with E-state index in [9.17, 15) is 9.59 Å². The van der Waals surface area contributed by atoms with Crippen molar-refractivity contribution in [1.82, 2.24) is 10.6 Å². The zero-order chi connectivity index (χ0) is 28.4. The maximum atomic E-state index is 13.2. The Morgan fingerprint density at radius 3 is 2.22 bits per heavy atom. The van der Waals surface area contributed by atoms with Crippen LogP contribution in [0, 0.1) is 5.92 Å². The van der Waals surface area contributed by atoms with Crippen LogP contribution in [0.3, 0.4) is 0 Å². The molecular weight excluding hydrogens is 528 g/mol. The molecule has 0 heterocycles. The molecule has 0 saturated heterocycles. The summed E-state index contributed by atoms with van der Waals surface area (Å²) in [6, 6.07) is 35.2. The van der Waals surface area contributed by atoms with Gasteiger partial charge in [0.25, 0.3) is 5.91 Å². The molecule has 0 radical (unpaired) electrons. The van der Waals surface area contributed by atoms with Gasteiger partial charge in [0.05, 0.1) is 0 Å². The third-order valence-corrected chi connectivity index (χ3v) is 8.18. The van der Waals surface area contributed by atoms with Gasteiger partial charge < -0.3 is 10.6 Å². The molecule has 1 aliphatic rings. The van der Waals surface area contributed by atoms with Crippen molar-refractivity contribution in [3.8, 4) is 11.1 Å². The Kier molecular flexibility index (Phi) is 9.87. The summed E-state index contributed by atoms with van der Waals surface area (Å²) in [4.78, 5) is 26.4. The molecule has 4 aromatic carbocycles. The lowest BCUT2D eigenvalue weighted by Crippen LogP contribution is -2.46. The van der Waals surface area contributed by atoms with Crippen LogP contribution in [-0.4, -0.2) is 17.9 Å². The highest BCUT2D eigenvalue weighted by atomic mass is 35.5. The number of carbonyl (C=O) groups excluding carboxylic acids is 2. The Balaban J connectivity index is 1.15. The van der Waals surface area contributed by atoms with Crippen LogP contribution in [0.15, 0.2) is 109 Å². The topological polar surface area (TPSA) is 58.2 Å². The van der Waals surface area contributed by atoms with Crippen LogP contribution < -0.4 is 10.6 Å². The number of unbranched alkanes of at least 4 members (excludes halogenated alkanes) is 2. The molecule has 5 rings (SSSR count). The Labute approximate surface area is 248 Å². The first-order valence-electron chi connectivity index (χ1n) is 14.6.